The van der Waals surface area contributed by atoms with Gasteiger partial charge in [-0.3, -0.25) is 0 Å². The topological polar surface area (TPSA) is 75.3 Å². The van der Waals surface area contributed by atoms with Gasteiger partial charge in [-0.1, -0.05) is 23.2 Å². The molecule has 0 bridgehead atoms. The van der Waals surface area contributed by atoms with E-state index >= 15 is 0 Å². The molecule has 4 N–H and O–H groups in total. The van der Waals surface area contributed by atoms with Crippen molar-refractivity contribution in [2.75, 3.05) is 11.1 Å². The van der Waals surface area contributed by atoms with Gasteiger partial charge in [0.15, 0.2) is 0 Å². The minimum atomic E-state index is -1.08. The average molecular weight is 297 g/mol. The Labute approximate surface area is 119 Å². The highest BCUT2D eigenvalue weighted by molar-refractivity contribution is 6.35. The van der Waals surface area contributed by atoms with Gasteiger partial charge in [-0.2, -0.15) is 0 Å². The maximum atomic E-state index is 11.0. The first-order chi connectivity index (χ1) is 8.95. The number of nitrogens with two attached hydrogens (primary N) is 1. The van der Waals surface area contributed by atoms with E-state index < -0.39 is 5.97 Å². The first kappa shape index (κ1) is 13.5. The van der Waals surface area contributed by atoms with Crippen LogP contribution in [0.3, 0.4) is 0 Å². The molecule has 0 aliphatic rings. The second kappa shape index (κ2) is 5.38. The van der Waals surface area contributed by atoms with Crippen LogP contribution in [0.5, 0.6) is 0 Å². The Morgan fingerprint density at radius 1 is 1.05 bits per heavy atom. The number of hydrogen-bond acceptors (Lipinski definition) is 3. The maximum Gasteiger partial charge on any atom is 0.337 e. The Hall–Kier alpha value is -1.91. The van der Waals surface area contributed by atoms with E-state index in [0.29, 0.717) is 21.4 Å². The van der Waals surface area contributed by atoms with Crippen LogP contribution in [0.4, 0.5) is 17.1 Å². The van der Waals surface area contributed by atoms with Crippen molar-refractivity contribution in [3.8, 4) is 0 Å². The van der Waals surface area contributed by atoms with Crippen LogP contribution in [0.25, 0.3) is 0 Å². The Morgan fingerprint density at radius 3 is 2.26 bits per heavy atom. The van der Waals surface area contributed by atoms with E-state index in [9.17, 15) is 4.79 Å². The van der Waals surface area contributed by atoms with Crippen molar-refractivity contribution in [1.82, 2.24) is 0 Å². The molecule has 98 valence electrons. The van der Waals surface area contributed by atoms with Crippen LogP contribution in [-0.4, -0.2) is 11.1 Å². The molecule has 2 aromatic carbocycles. The predicted octanol–water partition coefficient (Wildman–Crippen LogP) is 4.02. The zero-order valence-corrected chi connectivity index (χ0v) is 11.2. The molecule has 0 atom stereocenters. The molecular formula is C13H10Cl2N2O2. The number of anilines is 3. The predicted molar refractivity (Wildman–Crippen MR) is 77.6 cm³/mol. The van der Waals surface area contributed by atoms with Crippen LogP contribution < -0.4 is 11.1 Å². The summed E-state index contributed by atoms with van der Waals surface area (Å²) in [7, 11) is 0. The van der Waals surface area contributed by atoms with Gasteiger partial charge in [0, 0.05) is 27.1 Å². The van der Waals surface area contributed by atoms with Gasteiger partial charge in [0.05, 0.1) is 5.56 Å². The molecule has 0 aliphatic heterocycles. The molecular weight excluding hydrogens is 287 g/mol. The van der Waals surface area contributed by atoms with Crippen LogP contribution in [0.1, 0.15) is 10.4 Å². The fourth-order valence-corrected chi connectivity index (χ4v) is 2.14. The van der Waals surface area contributed by atoms with E-state index in [4.69, 9.17) is 34.0 Å². The number of aromatic carboxylic acids is 1. The van der Waals surface area contributed by atoms with Gasteiger partial charge in [-0.15, -0.1) is 0 Å². The monoisotopic (exact) mass is 296 g/mol. The van der Waals surface area contributed by atoms with E-state index in [2.05, 4.69) is 5.32 Å². The van der Waals surface area contributed by atoms with Gasteiger partial charge < -0.3 is 16.2 Å². The SMILES string of the molecule is Nc1ccc(Nc2cc(Cl)cc(Cl)c2)cc1C(=O)O. The smallest absolute Gasteiger partial charge is 0.337 e. The summed E-state index contributed by atoms with van der Waals surface area (Å²) in [4.78, 5) is 11.0. The first-order valence-electron chi connectivity index (χ1n) is 5.31. The number of nitrogens with one attached hydrogen (secondary N) is 1. The second-order valence-electron chi connectivity index (χ2n) is 3.89. The second-order valence-corrected chi connectivity index (χ2v) is 4.76. The summed E-state index contributed by atoms with van der Waals surface area (Å²) < 4.78 is 0. The number of benzene rings is 2. The number of carboxylic acids is 1. The van der Waals surface area contributed by atoms with Gasteiger partial charge in [-0.25, -0.2) is 4.79 Å². The number of halogens is 2. The Kier molecular flexibility index (Phi) is 3.83. The molecule has 0 radical (unpaired) electrons. The zero-order valence-electron chi connectivity index (χ0n) is 9.65. The van der Waals surface area contributed by atoms with Crippen LogP contribution in [0.15, 0.2) is 36.4 Å². The van der Waals surface area contributed by atoms with E-state index in [1.807, 2.05) is 0 Å². The van der Waals surface area contributed by atoms with Crippen LogP contribution in [-0.2, 0) is 0 Å². The lowest BCUT2D eigenvalue weighted by Crippen LogP contribution is -2.03. The molecule has 0 spiro atoms. The van der Waals surface area contributed by atoms with E-state index in [1.165, 1.54) is 12.1 Å². The number of nitrogen functional groups attached to an aromatic ring is 1. The molecule has 0 saturated heterocycles. The number of rotatable bonds is 3. The normalized spacial score (nSPS) is 10.2. The summed E-state index contributed by atoms with van der Waals surface area (Å²) >= 11 is 11.8. The van der Waals surface area contributed by atoms with Crippen molar-refractivity contribution < 1.29 is 9.90 Å². The molecule has 6 heteroatoms. The Bertz CT molecular complexity index is 624. The molecule has 0 amide bonds. The highest BCUT2D eigenvalue weighted by Crippen LogP contribution is 2.26. The van der Waals surface area contributed by atoms with Crippen LogP contribution >= 0.6 is 23.2 Å². The molecule has 0 unspecified atom stereocenters. The van der Waals surface area contributed by atoms with Crippen molar-refractivity contribution in [3.63, 3.8) is 0 Å². The quantitative estimate of drug-likeness (QED) is 0.748. The lowest BCUT2D eigenvalue weighted by molar-refractivity contribution is 0.0698. The summed E-state index contributed by atoms with van der Waals surface area (Å²) in [6.07, 6.45) is 0. The highest BCUT2D eigenvalue weighted by Gasteiger charge is 2.09. The fraction of sp³-hybridized carbons (Fsp3) is 0. The number of carboxylic acid groups (broad SMARTS) is 1. The molecule has 0 heterocycles. The van der Waals surface area contributed by atoms with Gasteiger partial charge >= 0.3 is 5.97 Å². The molecule has 19 heavy (non-hydrogen) atoms. The van der Waals surface area contributed by atoms with E-state index in [0.717, 1.165) is 0 Å². The molecule has 2 aromatic rings. The van der Waals surface area contributed by atoms with Crippen LogP contribution in [0, 0.1) is 0 Å². The third-order valence-electron chi connectivity index (χ3n) is 2.43. The van der Waals surface area contributed by atoms with Gasteiger partial charge in [-0.05, 0) is 36.4 Å². The standard InChI is InChI=1S/C13H10Cl2N2O2/c14-7-3-8(15)5-10(4-7)17-9-1-2-12(16)11(6-9)13(18)19/h1-6,17H,16H2,(H,18,19). The summed E-state index contributed by atoms with van der Waals surface area (Å²) in [5.74, 6) is -1.08. The third kappa shape index (κ3) is 3.30. The molecule has 0 aliphatic carbocycles. The van der Waals surface area contributed by atoms with Crippen molar-refractivity contribution in [2.24, 2.45) is 0 Å². The molecule has 0 saturated carbocycles. The van der Waals surface area contributed by atoms with Gasteiger partial charge in [0.2, 0.25) is 0 Å². The Morgan fingerprint density at radius 2 is 1.68 bits per heavy atom. The molecule has 0 fully saturated rings. The minimum Gasteiger partial charge on any atom is -0.478 e. The van der Waals surface area contributed by atoms with Crippen molar-refractivity contribution in [2.45, 2.75) is 0 Å². The lowest BCUT2D eigenvalue weighted by Gasteiger charge is -2.09. The van der Waals surface area contributed by atoms with Gasteiger partial charge in [0.25, 0.3) is 0 Å². The van der Waals surface area contributed by atoms with Gasteiger partial charge in [0.1, 0.15) is 0 Å². The molecule has 4 nitrogen and oxygen atoms in total. The number of carbonyl (C=O) groups is 1. The summed E-state index contributed by atoms with van der Waals surface area (Å²) in [6.45, 7) is 0. The van der Waals surface area contributed by atoms with E-state index in [-0.39, 0.29) is 11.3 Å². The maximum absolute atomic E-state index is 11.0. The average Bonchev–Trinajstić information content (AvgIpc) is 2.30. The van der Waals surface area contributed by atoms with Crippen LogP contribution in [0.2, 0.25) is 10.0 Å². The summed E-state index contributed by atoms with van der Waals surface area (Å²) in [5, 5.41) is 13.0. The van der Waals surface area contributed by atoms with Crippen molar-refractivity contribution >= 4 is 46.2 Å². The summed E-state index contributed by atoms with van der Waals surface area (Å²) in [5.41, 5.74) is 7.08. The van der Waals surface area contributed by atoms with E-state index in [1.54, 1.807) is 24.3 Å². The fourth-order valence-electron chi connectivity index (χ4n) is 1.61. The largest absolute Gasteiger partial charge is 0.478 e. The number of hydrogen-bond donors (Lipinski definition) is 3. The third-order valence-corrected chi connectivity index (χ3v) is 2.87. The minimum absolute atomic E-state index is 0.0399. The van der Waals surface area contributed by atoms with Crippen molar-refractivity contribution in [1.29, 1.82) is 0 Å². The zero-order chi connectivity index (χ0) is 14.0. The molecule has 2 rings (SSSR count). The lowest BCUT2D eigenvalue weighted by atomic mass is 10.1. The summed E-state index contributed by atoms with van der Waals surface area (Å²) in [6, 6.07) is 9.63. The first-order valence-corrected chi connectivity index (χ1v) is 6.07. The Balaban J connectivity index is 2.33. The highest BCUT2D eigenvalue weighted by atomic mass is 35.5. The van der Waals surface area contributed by atoms with Crippen molar-refractivity contribution in [3.05, 3.63) is 52.0 Å². The molecule has 0 aromatic heterocycles.